The lowest BCUT2D eigenvalue weighted by molar-refractivity contribution is 0.555. The highest BCUT2D eigenvalue weighted by atomic mass is 35.5. The molecule has 0 aliphatic rings. The van der Waals surface area contributed by atoms with Crippen LogP contribution in [0.15, 0.2) is 22.6 Å². The summed E-state index contributed by atoms with van der Waals surface area (Å²) >= 11 is 5.55. The van der Waals surface area contributed by atoms with Gasteiger partial charge in [-0.1, -0.05) is 0 Å². The highest BCUT2D eigenvalue weighted by Gasteiger charge is 2.03. The third-order valence-corrected chi connectivity index (χ3v) is 1.80. The fourth-order valence-electron chi connectivity index (χ4n) is 1.05. The maximum absolute atomic E-state index is 5.55. The van der Waals surface area contributed by atoms with Gasteiger partial charge < -0.3 is 10.2 Å². The number of hydrogen-bond donors (Lipinski definition) is 1. The van der Waals surface area contributed by atoms with Crippen molar-refractivity contribution in [1.29, 1.82) is 0 Å². The van der Waals surface area contributed by atoms with Crippen LogP contribution in [0.4, 0.5) is 5.69 Å². The number of nitrogens with two attached hydrogens (primary N) is 1. The second kappa shape index (κ2) is 2.68. The molecule has 0 atom stereocenters. The number of halogens is 1. The Balaban J connectivity index is 2.67. The molecule has 0 unspecified atom stereocenters. The Labute approximate surface area is 74.1 Å². The van der Waals surface area contributed by atoms with Crippen LogP contribution in [-0.4, -0.2) is 4.98 Å². The predicted molar refractivity (Wildman–Crippen MR) is 48.0 cm³/mol. The molecule has 0 aliphatic heterocycles. The molecule has 0 amide bonds. The summed E-state index contributed by atoms with van der Waals surface area (Å²) in [6.07, 6.45) is 0. The first-order valence-corrected chi connectivity index (χ1v) is 4.04. The number of oxazole rings is 1. The lowest BCUT2D eigenvalue weighted by Crippen LogP contribution is -1.81. The van der Waals surface area contributed by atoms with Crippen LogP contribution in [0, 0.1) is 0 Å². The number of nitrogens with zero attached hydrogens (tertiary/aromatic N) is 1. The molecule has 0 bridgehead atoms. The summed E-state index contributed by atoms with van der Waals surface area (Å²) in [4.78, 5) is 4.12. The van der Waals surface area contributed by atoms with E-state index >= 15 is 0 Å². The van der Waals surface area contributed by atoms with Gasteiger partial charge in [0.1, 0.15) is 5.52 Å². The largest absolute Gasteiger partial charge is 0.439 e. The van der Waals surface area contributed by atoms with Gasteiger partial charge in [0.25, 0.3) is 0 Å². The van der Waals surface area contributed by atoms with E-state index in [1.165, 1.54) is 0 Å². The maximum Gasteiger partial charge on any atom is 0.210 e. The molecule has 0 fully saturated rings. The second-order valence-corrected chi connectivity index (χ2v) is 2.74. The Kier molecular flexibility index (Phi) is 1.66. The van der Waals surface area contributed by atoms with Gasteiger partial charge in [-0.05, 0) is 12.1 Å². The predicted octanol–water partition coefficient (Wildman–Crippen LogP) is 2.15. The summed E-state index contributed by atoms with van der Waals surface area (Å²) < 4.78 is 5.27. The molecular formula is C8H7ClN2O. The first kappa shape index (κ1) is 7.43. The van der Waals surface area contributed by atoms with Crippen molar-refractivity contribution in [2.45, 2.75) is 5.88 Å². The number of aromatic nitrogens is 1. The molecular weight excluding hydrogens is 176 g/mol. The SMILES string of the molecule is Nc1ccc2nc(CCl)oc2c1. The lowest BCUT2D eigenvalue weighted by Gasteiger charge is -1.88. The van der Waals surface area contributed by atoms with Gasteiger partial charge in [-0.25, -0.2) is 4.98 Å². The van der Waals surface area contributed by atoms with Gasteiger partial charge >= 0.3 is 0 Å². The van der Waals surface area contributed by atoms with Crippen LogP contribution in [0.3, 0.4) is 0 Å². The molecule has 0 saturated heterocycles. The lowest BCUT2D eigenvalue weighted by atomic mass is 10.3. The Hall–Kier alpha value is -1.22. The van der Waals surface area contributed by atoms with Crippen LogP contribution in [0.25, 0.3) is 11.1 Å². The van der Waals surface area contributed by atoms with Gasteiger partial charge in [0, 0.05) is 11.8 Å². The van der Waals surface area contributed by atoms with Gasteiger partial charge in [-0.2, -0.15) is 0 Å². The minimum absolute atomic E-state index is 0.286. The summed E-state index contributed by atoms with van der Waals surface area (Å²) in [6.45, 7) is 0. The average Bonchev–Trinajstić information content (AvgIpc) is 2.46. The Morgan fingerprint density at radius 3 is 3.08 bits per heavy atom. The van der Waals surface area contributed by atoms with E-state index in [0.29, 0.717) is 17.2 Å². The summed E-state index contributed by atoms with van der Waals surface area (Å²) in [5.41, 5.74) is 7.70. The molecule has 1 aromatic heterocycles. The van der Waals surface area contributed by atoms with Crippen LogP contribution in [-0.2, 0) is 5.88 Å². The normalized spacial score (nSPS) is 10.8. The van der Waals surface area contributed by atoms with Gasteiger partial charge in [-0.3, -0.25) is 0 Å². The molecule has 0 aliphatic carbocycles. The van der Waals surface area contributed by atoms with Crippen molar-refractivity contribution in [1.82, 2.24) is 4.98 Å². The third-order valence-electron chi connectivity index (χ3n) is 1.57. The van der Waals surface area contributed by atoms with Crippen molar-refractivity contribution in [2.24, 2.45) is 0 Å². The minimum Gasteiger partial charge on any atom is -0.439 e. The molecule has 2 N–H and O–H groups in total. The molecule has 1 heterocycles. The molecule has 0 spiro atoms. The van der Waals surface area contributed by atoms with Crippen LogP contribution in [0.2, 0.25) is 0 Å². The van der Waals surface area contributed by atoms with E-state index < -0.39 is 0 Å². The summed E-state index contributed by atoms with van der Waals surface area (Å²) in [7, 11) is 0. The Morgan fingerprint density at radius 1 is 1.50 bits per heavy atom. The van der Waals surface area contributed by atoms with E-state index in [-0.39, 0.29) is 5.88 Å². The van der Waals surface area contributed by atoms with Crippen molar-refractivity contribution < 1.29 is 4.42 Å². The zero-order valence-electron chi connectivity index (χ0n) is 6.25. The molecule has 0 radical (unpaired) electrons. The van der Waals surface area contributed by atoms with E-state index in [1.807, 2.05) is 6.07 Å². The van der Waals surface area contributed by atoms with E-state index in [9.17, 15) is 0 Å². The standard InChI is InChI=1S/C8H7ClN2O/c9-4-8-11-6-2-1-5(10)3-7(6)12-8/h1-3H,4,10H2. The zero-order chi connectivity index (χ0) is 8.55. The van der Waals surface area contributed by atoms with Crippen molar-refractivity contribution >= 4 is 28.4 Å². The molecule has 0 saturated carbocycles. The van der Waals surface area contributed by atoms with Crippen molar-refractivity contribution in [2.75, 3.05) is 5.73 Å². The molecule has 2 aromatic rings. The maximum atomic E-state index is 5.55. The first-order chi connectivity index (χ1) is 5.79. The number of alkyl halides is 1. The number of benzene rings is 1. The number of rotatable bonds is 1. The number of hydrogen-bond acceptors (Lipinski definition) is 3. The monoisotopic (exact) mass is 182 g/mol. The number of fused-ring (bicyclic) bond motifs is 1. The van der Waals surface area contributed by atoms with Crippen LogP contribution in [0.5, 0.6) is 0 Å². The average molecular weight is 183 g/mol. The number of nitrogen functional groups attached to an aromatic ring is 1. The highest BCUT2D eigenvalue weighted by molar-refractivity contribution is 6.16. The summed E-state index contributed by atoms with van der Waals surface area (Å²) in [5, 5.41) is 0. The van der Waals surface area contributed by atoms with E-state index in [2.05, 4.69) is 4.98 Å². The number of anilines is 1. The van der Waals surface area contributed by atoms with Crippen molar-refractivity contribution in [3.8, 4) is 0 Å². The topological polar surface area (TPSA) is 52.0 Å². The smallest absolute Gasteiger partial charge is 0.210 e. The molecule has 3 nitrogen and oxygen atoms in total. The van der Waals surface area contributed by atoms with Gasteiger partial charge in [-0.15, -0.1) is 11.6 Å². The molecule has 62 valence electrons. The highest BCUT2D eigenvalue weighted by Crippen LogP contribution is 2.18. The van der Waals surface area contributed by atoms with Gasteiger partial charge in [0.15, 0.2) is 5.58 Å². The van der Waals surface area contributed by atoms with Crippen molar-refractivity contribution in [3.63, 3.8) is 0 Å². The van der Waals surface area contributed by atoms with Crippen LogP contribution in [0.1, 0.15) is 5.89 Å². The minimum atomic E-state index is 0.286. The fourth-order valence-corrected chi connectivity index (χ4v) is 1.16. The molecule has 12 heavy (non-hydrogen) atoms. The quantitative estimate of drug-likeness (QED) is 0.543. The van der Waals surface area contributed by atoms with E-state index in [1.54, 1.807) is 12.1 Å². The Bertz CT molecular complexity index is 410. The third kappa shape index (κ3) is 1.12. The van der Waals surface area contributed by atoms with Gasteiger partial charge in [0.05, 0.1) is 5.88 Å². The van der Waals surface area contributed by atoms with E-state index in [4.69, 9.17) is 21.8 Å². The molecule has 1 aromatic carbocycles. The summed E-state index contributed by atoms with van der Waals surface area (Å²) in [5.74, 6) is 0.812. The van der Waals surface area contributed by atoms with Crippen LogP contribution < -0.4 is 5.73 Å². The molecule has 2 rings (SSSR count). The fraction of sp³-hybridized carbons (Fsp3) is 0.125. The first-order valence-electron chi connectivity index (χ1n) is 3.50. The van der Waals surface area contributed by atoms with E-state index in [0.717, 1.165) is 5.52 Å². The molecule has 4 heteroatoms. The summed E-state index contributed by atoms with van der Waals surface area (Å²) in [6, 6.07) is 5.32. The van der Waals surface area contributed by atoms with Crippen LogP contribution >= 0.6 is 11.6 Å². The van der Waals surface area contributed by atoms with Crippen molar-refractivity contribution in [3.05, 3.63) is 24.1 Å². The second-order valence-electron chi connectivity index (χ2n) is 2.47. The van der Waals surface area contributed by atoms with Gasteiger partial charge in [0.2, 0.25) is 5.89 Å². The Morgan fingerprint density at radius 2 is 2.33 bits per heavy atom. The zero-order valence-corrected chi connectivity index (χ0v) is 7.01.